The van der Waals surface area contributed by atoms with Gasteiger partial charge >= 0.3 is 0 Å². The molecule has 7 aromatic carbocycles. The van der Waals surface area contributed by atoms with Crippen molar-refractivity contribution in [3.05, 3.63) is 219 Å². The van der Waals surface area contributed by atoms with Gasteiger partial charge in [-0.25, -0.2) is 9.97 Å². The van der Waals surface area contributed by atoms with Crippen LogP contribution in [0.15, 0.2) is 219 Å². The second kappa shape index (κ2) is 13.5. The van der Waals surface area contributed by atoms with Crippen LogP contribution in [0.5, 0.6) is 0 Å². The summed E-state index contributed by atoms with van der Waals surface area (Å²) in [4.78, 5) is 10.0. The summed E-state index contributed by atoms with van der Waals surface area (Å²) in [6, 6.07) is 71.7. The third-order valence-corrected chi connectivity index (χ3v) is 12.4. The standard InChI is InChI=1S/C56H36N6/c1-2-12-39(13-3-1)56-55(58-54-19-9-11-33-60(54)56)38-22-28-43(29-23-38)62-50-17-7-5-15-45(50)47-31-25-41(35-52(47)62)40-24-30-46-44-14-4-6-16-49(44)61(51(46)34-40)42-26-20-37(21-27-42)48-36-59-32-10-8-18-53(59)57-48/h1-36H. The molecule has 0 aliphatic carbocycles. The van der Waals surface area contributed by atoms with Crippen molar-refractivity contribution in [3.8, 4) is 56.3 Å². The van der Waals surface area contributed by atoms with Gasteiger partial charge in [-0.3, -0.25) is 4.40 Å². The van der Waals surface area contributed by atoms with E-state index in [9.17, 15) is 0 Å². The van der Waals surface area contributed by atoms with E-state index in [1.165, 1.54) is 38.1 Å². The zero-order valence-corrected chi connectivity index (χ0v) is 33.5. The van der Waals surface area contributed by atoms with Crippen LogP contribution in [0.4, 0.5) is 0 Å². The van der Waals surface area contributed by atoms with Crippen LogP contribution in [0.3, 0.4) is 0 Å². The molecule has 0 bridgehead atoms. The van der Waals surface area contributed by atoms with Crippen LogP contribution in [-0.2, 0) is 0 Å². The molecule has 0 radical (unpaired) electrons. The molecule has 0 spiro atoms. The van der Waals surface area contributed by atoms with Crippen LogP contribution in [0.2, 0.25) is 0 Å². The van der Waals surface area contributed by atoms with Crippen LogP contribution in [-0.4, -0.2) is 27.9 Å². The number of imidazole rings is 2. The predicted molar refractivity (Wildman–Crippen MR) is 254 cm³/mol. The van der Waals surface area contributed by atoms with Gasteiger partial charge in [0.2, 0.25) is 0 Å². The largest absolute Gasteiger partial charge is 0.309 e. The Morgan fingerprint density at radius 3 is 1.48 bits per heavy atom. The van der Waals surface area contributed by atoms with Crippen molar-refractivity contribution in [2.24, 2.45) is 0 Å². The van der Waals surface area contributed by atoms with Gasteiger partial charge in [0.25, 0.3) is 0 Å². The molecule has 0 aliphatic rings. The van der Waals surface area contributed by atoms with Crippen molar-refractivity contribution >= 4 is 54.9 Å². The molecular formula is C56H36N6. The number of rotatable bonds is 6. The van der Waals surface area contributed by atoms with E-state index in [0.29, 0.717) is 0 Å². The maximum Gasteiger partial charge on any atom is 0.137 e. The van der Waals surface area contributed by atoms with Gasteiger partial charge < -0.3 is 13.5 Å². The molecule has 13 rings (SSSR count). The summed E-state index contributed by atoms with van der Waals surface area (Å²) in [7, 11) is 0. The predicted octanol–water partition coefficient (Wildman–Crippen LogP) is 13.8. The number of aromatic nitrogens is 6. The Balaban J connectivity index is 0.927. The number of benzene rings is 7. The lowest BCUT2D eigenvalue weighted by molar-refractivity contribution is 1.18. The van der Waals surface area contributed by atoms with E-state index in [1.54, 1.807) is 0 Å². The van der Waals surface area contributed by atoms with Gasteiger partial charge in [-0.1, -0.05) is 127 Å². The molecule has 6 nitrogen and oxygen atoms in total. The monoisotopic (exact) mass is 792 g/mol. The normalized spacial score (nSPS) is 11.9. The minimum Gasteiger partial charge on any atom is -0.309 e. The zero-order chi connectivity index (χ0) is 40.7. The maximum atomic E-state index is 5.13. The molecule has 0 amide bonds. The van der Waals surface area contributed by atoms with Crippen LogP contribution >= 0.6 is 0 Å². The molecule has 6 aromatic heterocycles. The Labute approximate surface area is 356 Å². The molecule has 6 heterocycles. The Morgan fingerprint density at radius 1 is 0.339 bits per heavy atom. The fraction of sp³-hybridized carbons (Fsp3) is 0. The third-order valence-electron chi connectivity index (χ3n) is 12.4. The summed E-state index contributed by atoms with van der Waals surface area (Å²) < 4.78 is 9.05. The van der Waals surface area contributed by atoms with Crippen molar-refractivity contribution in [2.75, 3.05) is 0 Å². The fourth-order valence-electron chi connectivity index (χ4n) is 9.55. The Kier molecular flexibility index (Phi) is 7.50. The molecule has 0 aliphatic heterocycles. The first-order chi connectivity index (χ1) is 30.7. The van der Waals surface area contributed by atoms with Crippen LogP contribution < -0.4 is 0 Å². The molecule has 13 aromatic rings. The van der Waals surface area contributed by atoms with Crippen LogP contribution in [0.25, 0.3) is 111 Å². The molecule has 290 valence electrons. The maximum absolute atomic E-state index is 5.13. The molecule has 62 heavy (non-hydrogen) atoms. The minimum absolute atomic E-state index is 0.927. The highest BCUT2D eigenvalue weighted by Crippen LogP contribution is 2.39. The number of hydrogen-bond acceptors (Lipinski definition) is 2. The molecule has 0 atom stereocenters. The van der Waals surface area contributed by atoms with Crippen LogP contribution in [0, 0.1) is 0 Å². The lowest BCUT2D eigenvalue weighted by atomic mass is 10.0. The molecular weight excluding hydrogens is 757 g/mol. The lowest BCUT2D eigenvalue weighted by Gasteiger charge is -2.12. The van der Waals surface area contributed by atoms with E-state index >= 15 is 0 Å². The molecule has 6 heteroatoms. The van der Waals surface area contributed by atoms with E-state index in [4.69, 9.17) is 9.97 Å². The Bertz CT molecular complexity index is 3810. The van der Waals surface area contributed by atoms with Crippen LogP contribution in [0.1, 0.15) is 0 Å². The van der Waals surface area contributed by atoms with E-state index in [1.807, 2.05) is 30.5 Å². The quantitative estimate of drug-likeness (QED) is 0.168. The molecule has 0 fully saturated rings. The average Bonchev–Trinajstić information content (AvgIpc) is 4.11. The minimum atomic E-state index is 0.927. The fourth-order valence-corrected chi connectivity index (χ4v) is 9.55. The average molecular weight is 793 g/mol. The topological polar surface area (TPSA) is 44.5 Å². The number of para-hydroxylation sites is 2. The van der Waals surface area contributed by atoms with E-state index in [-0.39, 0.29) is 0 Å². The second-order valence-electron chi connectivity index (χ2n) is 16.0. The highest BCUT2D eigenvalue weighted by atomic mass is 15.0. The first-order valence-corrected chi connectivity index (χ1v) is 21.0. The number of nitrogens with zero attached hydrogens (tertiary/aromatic N) is 6. The molecule has 0 saturated carbocycles. The number of pyridine rings is 2. The smallest absolute Gasteiger partial charge is 0.137 e. The summed E-state index contributed by atoms with van der Waals surface area (Å²) in [5.41, 5.74) is 17.4. The van der Waals surface area contributed by atoms with Gasteiger partial charge in [0, 0.05) is 68.2 Å². The van der Waals surface area contributed by atoms with Gasteiger partial charge in [0.05, 0.1) is 39.1 Å². The molecule has 0 unspecified atom stereocenters. The zero-order valence-electron chi connectivity index (χ0n) is 33.5. The highest BCUT2D eigenvalue weighted by Gasteiger charge is 2.19. The van der Waals surface area contributed by atoms with Gasteiger partial charge in [-0.2, -0.15) is 0 Å². The summed E-state index contributed by atoms with van der Waals surface area (Å²) in [6.45, 7) is 0. The van der Waals surface area contributed by atoms with Crippen molar-refractivity contribution < 1.29 is 0 Å². The van der Waals surface area contributed by atoms with Gasteiger partial charge in [0.15, 0.2) is 0 Å². The van der Waals surface area contributed by atoms with Crippen molar-refractivity contribution in [2.45, 2.75) is 0 Å². The van der Waals surface area contributed by atoms with E-state index < -0.39 is 0 Å². The summed E-state index contributed by atoms with van der Waals surface area (Å²) in [6.07, 6.45) is 6.22. The molecule has 0 N–H and O–H groups in total. The van der Waals surface area contributed by atoms with Gasteiger partial charge in [0.1, 0.15) is 11.3 Å². The van der Waals surface area contributed by atoms with Crippen molar-refractivity contribution in [3.63, 3.8) is 0 Å². The summed E-state index contributed by atoms with van der Waals surface area (Å²) in [5.74, 6) is 0. The first kappa shape index (κ1) is 34.4. The number of fused-ring (bicyclic) bond motifs is 8. The Morgan fingerprint density at radius 2 is 0.855 bits per heavy atom. The number of hydrogen-bond donors (Lipinski definition) is 0. The third kappa shape index (κ3) is 5.30. The van der Waals surface area contributed by atoms with Crippen molar-refractivity contribution in [1.29, 1.82) is 0 Å². The first-order valence-electron chi connectivity index (χ1n) is 21.0. The van der Waals surface area contributed by atoms with Gasteiger partial charge in [-0.05, 0) is 83.9 Å². The molecule has 0 saturated heterocycles. The van der Waals surface area contributed by atoms with Crippen molar-refractivity contribution in [1.82, 2.24) is 27.9 Å². The summed E-state index contributed by atoms with van der Waals surface area (Å²) in [5, 5.41) is 4.91. The van der Waals surface area contributed by atoms with E-state index in [0.717, 1.165) is 73.1 Å². The Hall–Kier alpha value is -8.48. The van der Waals surface area contributed by atoms with E-state index in [2.05, 4.69) is 206 Å². The summed E-state index contributed by atoms with van der Waals surface area (Å²) >= 11 is 0. The highest BCUT2D eigenvalue weighted by molar-refractivity contribution is 6.12. The second-order valence-corrected chi connectivity index (χ2v) is 16.0. The van der Waals surface area contributed by atoms with Gasteiger partial charge in [-0.15, -0.1) is 0 Å². The lowest BCUT2D eigenvalue weighted by Crippen LogP contribution is -1.95. The SMILES string of the molecule is c1ccc(-c2c(-c3ccc(-n4c5ccccc5c5ccc(-c6ccc7c8ccccc8n(-c8ccc(-c9cn%10ccccc%10n9)cc8)c7c6)cc54)cc3)nc3ccccn23)cc1.